The molecule has 0 amide bonds. The van der Waals surface area contributed by atoms with E-state index in [0.29, 0.717) is 17.9 Å². The lowest BCUT2D eigenvalue weighted by Gasteiger charge is -2.47. The summed E-state index contributed by atoms with van der Waals surface area (Å²) >= 11 is 0. The lowest BCUT2D eigenvalue weighted by molar-refractivity contribution is 0.386. The van der Waals surface area contributed by atoms with Gasteiger partial charge < -0.3 is 10.2 Å². The van der Waals surface area contributed by atoms with Crippen LogP contribution < -0.4 is 10.2 Å². The SMILES string of the molecule is CCNc1cc(N2C[C@H]3CC[C@H]2c2ccccc23)nc(C(C)C)n1. The Labute approximate surface area is 144 Å². The largest absolute Gasteiger partial charge is 0.370 e. The van der Waals surface area contributed by atoms with E-state index in [0.717, 1.165) is 30.5 Å². The maximum Gasteiger partial charge on any atom is 0.135 e. The fourth-order valence-corrected chi connectivity index (χ4v) is 4.12. The smallest absolute Gasteiger partial charge is 0.135 e. The van der Waals surface area contributed by atoms with Gasteiger partial charge in [0.1, 0.15) is 17.5 Å². The number of rotatable bonds is 4. The highest BCUT2D eigenvalue weighted by Crippen LogP contribution is 2.48. The van der Waals surface area contributed by atoms with Crippen molar-refractivity contribution in [2.75, 3.05) is 23.3 Å². The van der Waals surface area contributed by atoms with Crippen LogP contribution in [-0.4, -0.2) is 23.1 Å². The van der Waals surface area contributed by atoms with Gasteiger partial charge in [-0.3, -0.25) is 0 Å². The summed E-state index contributed by atoms with van der Waals surface area (Å²) in [6.45, 7) is 8.37. The first-order valence-electron chi connectivity index (χ1n) is 9.15. The van der Waals surface area contributed by atoms with Crippen LogP contribution in [-0.2, 0) is 0 Å². The molecule has 2 bridgehead atoms. The topological polar surface area (TPSA) is 41.0 Å². The van der Waals surface area contributed by atoms with E-state index in [9.17, 15) is 0 Å². The minimum absolute atomic E-state index is 0.330. The zero-order chi connectivity index (χ0) is 16.7. The molecule has 4 nitrogen and oxygen atoms in total. The second-order valence-corrected chi connectivity index (χ2v) is 7.23. The molecule has 1 N–H and O–H groups in total. The van der Waals surface area contributed by atoms with Gasteiger partial charge in [0.15, 0.2) is 0 Å². The molecule has 1 saturated heterocycles. The van der Waals surface area contributed by atoms with Crippen molar-refractivity contribution in [1.82, 2.24) is 9.97 Å². The third kappa shape index (κ3) is 2.54. The van der Waals surface area contributed by atoms with Gasteiger partial charge in [-0.25, -0.2) is 9.97 Å². The van der Waals surface area contributed by atoms with Gasteiger partial charge in [0, 0.05) is 31.0 Å². The number of nitrogens with zero attached hydrogens (tertiary/aromatic N) is 3. The Morgan fingerprint density at radius 1 is 1.17 bits per heavy atom. The summed E-state index contributed by atoms with van der Waals surface area (Å²) in [5.41, 5.74) is 3.05. The van der Waals surface area contributed by atoms with Crippen LogP contribution in [0.4, 0.5) is 11.6 Å². The molecule has 0 radical (unpaired) electrons. The maximum atomic E-state index is 4.91. The van der Waals surface area contributed by atoms with Gasteiger partial charge in [-0.2, -0.15) is 0 Å². The van der Waals surface area contributed by atoms with E-state index in [-0.39, 0.29) is 0 Å². The number of fused-ring (bicyclic) bond motifs is 2. The summed E-state index contributed by atoms with van der Waals surface area (Å²) in [4.78, 5) is 12.1. The Balaban J connectivity index is 1.75. The summed E-state index contributed by atoms with van der Waals surface area (Å²) in [7, 11) is 0. The van der Waals surface area contributed by atoms with E-state index < -0.39 is 0 Å². The molecular weight excluding hydrogens is 296 g/mol. The zero-order valence-electron chi connectivity index (χ0n) is 14.8. The fourth-order valence-electron chi connectivity index (χ4n) is 4.12. The summed E-state index contributed by atoms with van der Waals surface area (Å²) in [5.74, 6) is 3.91. The molecule has 4 heteroatoms. The molecule has 0 spiro atoms. The molecule has 24 heavy (non-hydrogen) atoms. The Hall–Kier alpha value is -2.10. The van der Waals surface area contributed by atoms with Crippen molar-refractivity contribution in [2.24, 2.45) is 0 Å². The van der Waals surface area contributed by atoms with E-state index in [2.05, 4.69) is 66.3 Å². The number of anilines is 2. The summed E-state index contributed by atoms with van der Waals surface area (Å²) < 4.78 is 0. The third-order valence-electron chi connectivity index (χ3n) is 5.28. The first-order valence-corrected chi connectivity index (χ1v) is 9.15. The Kier molecular flexibility index (Phi) is 3.91. The van der Waals surface area contributed by atoms with Gasteiger partial charge in [0.25, 0.3) is 0 Å². The molecule has 5 rings (SSSR count). The average molecular weight is 322 g/mol. The number of piperidine rings is 1. The van der Waals surface area contributed by atoms with E-state index in [1.165, 1.54) is 18.4 Å². The highest BCUT2D eigenvalue weighted by molar-refractivity contribution is 5.55. The molecule has 0 unspecified atom stereocenters. The molecule has 3 aliphatic rings. The summed E-state index contributed by atoms with van der Waals surface area (Å²) in [5, 5.41) is 3.37. The second-order valence-electron chi connectivity index (χ2n) is 7.23. The van der Waals surface area contributed by atoms with Crippen molar-refractivity contribution in [3.63, 3.8) is 0 Å². The van der Waals surface area contributed by atoms with Crippen molar-refractivity contribution >= 4 is 11.6 Å². The van der Waals surface area contributed by atoms with Crippen LogP contribution in [0.2, 0.25) is 0 Å². The first-order chi connectivity index (χ1) is 11.7. The molecule has 2 atom stereocenters. The molecular formula is C20H26N4. The molecule has 3 heterocycles. The van der Waals surface area contributed by atoms with Crippen LogP contribution in [0, 0.1) is 0 Å². The van der Waals surface area contributed by atoms with Crippen LogP contribution in [0.25, 0.3) is 0 Å². The van der Waals surface area contributed by atoms with Crippen LogP contribution >= 0.6 is 0 Å². The normalized spacial score (nSPS) is 21.9. The van der Waals surface area contributed by atoms with Crippen LogP contribution in [0.1, 0.15) is 68.4 Å². The van der Waals surface area contributed by atoms with E-state index in [1.807, 2.05) is 0 Å². The van der Waals surface area contributed by atoms with Crippen molar-refractivity contribution in [2.45, 2.75) is 51.5 Å². The highest BCUT2D eigenvalue weighted by atomic mass is 15.2. The molecule has 0 saturated carbocycles. The molecule has 1 aliphatic carbocycles. The van der Waals surface area contributed by atoms with Crippen LogP contribution in [0.15, 0.2) is 30.3 Å². The van der Waals surface area contributed by atoms with Gasteiger partial charge in [0.2, 0.25) is 0 Å². The number of aromatic nitrogens is 2. The van der Waals surface area contributed by atoms with E-state index >= 15 is 0 Å². The maximum absolute atomic E-state index is 4.91. The van der Waals surface area contributed by atoms with Crippen molar-refractivity contribution in [3.8, 4) is 0 Å². The van der Waals surface area contributed by atoms with Crippen LogP contribution in [0.5, 0.6) is 0 Å². The third-order valence-corrected chi connectivity index (χ3v) is 5.28. The quantitative estimate of drug-likeness (QED) is 0.901. The molecule has 1 aromatic carbocycles. The van der Waals surface area contributed by atoms with E-state index in [1.54, 1.807) is 5.56 Å². The monoisotopic (exact) mass is 322 g/mol. The Morgan fingerprint density at radius 3 is 2.71 bits per heavy atom. The molecule has 2 aromatic rings. The van der Waals surface area contributed by atoms with Crippen molar-refractivity contribution in [1.29, 1.82) is 0 Å². The predicted molar refractivity (Wildman–Crippen MR) is 98.8 cm³/mol. The minimum atomic E-state index is 0.330. The molecule has 1 aromatic heterocycles. The number of nitrogens with one attached hydrogen (secondary N) is 1. The lowest BCUT2D eigenvalue weighted by Crippen LogP contribution is -2.43. The predicted octanol–water partition coefficient (Wildman–Crippen LogP) is 4.47. The fraction of sp³-hybridized carbons (Fsp3) is 0.500. The molecule has 126 valence electrons. The van der Waals surface area contributed by atoms with Gasteiger partial charge in [-0.05, 0) is 30.9 Å². The van der Waals surface area contributed by atoms with Crippen LogP contribution in [0.3, 0.4) is 0 Å². The second kappa shape index (κ2) is 6.08. The number of benzene rings is 1. The number of hydrogen-bond donors (Lipinski definition) is 1. The Bertz CT molecular complexity index is 740. The lowest BCUT2D eigenvalue weighted by atomic mass is 9.75. The minimum Gasteiger partial charge on any atom is -0.370 e. The molecule has 2 aliphatic heterocycles. The average Bonchev–Trinajstić information content (AvgIpc) is 2.62. The molecule has 1 fully saturated rings. The van der Waals surface area contributed by atoms with Gasteiger partial charge in [-0.15, -0.1) is 0 Å². The summed E-state index contributed by atoms with van der Waals surface area (Å²) in [6.07, 6.45) is 2.51. The van der Waals surface area contributed by atoms with Gasteiger partial charge in [-0.1, -0.05) is 38.1 Å². The van der Waals surface area contributed by atoms with Gasteiger partial charge in [0.05, 0.1) is 6.04 Å². The zero-order valence-corrected chi connectivity index (χ0v) is 14.8. The van der Waals surface area contributed by atoms with E-state index in [4.69, 9.17) is 4.98 Å². The van der Waals surface area contributed by atoms with Crippen molar-refractivity contribution in [3.05, 3.63) is 47.3 Å². The first kappa shape index (κ1) is 15.4. The Morgan fingerprint density at radius 2 is 1.96 bits per heavy atom. The van der Waals surface area contributed by atoms with Gasteiger partial charge >= 0.3 is 0 Å². The highest BCUT2D eigenvalue weighted by Gasteiger charge is 2.38. The summed E-state index contributed by atoms with van der Waals surface area (Å²) in [6, 6.07) is 11.5. The number of hydrogen-bond acceptors (Lipinski definition) is 4. The standard InChI is InChI=1S/C20H26N4/c1-4-21-18-11-19(23-20(22-18)13(2)3)24-12-14-9-10-17(24)16-8-6-5-7-15(14)16/h5-8,11,13-14,17H,4,9-10,12H2,1-3H3,(H,21,22,23)/t14-,17+/m1/s1. The van der Waals surface area contributed by atoms with Crippen molar-refractivity contribution < 1.29 is 0 Å².